The minimum absolute atomic E-state index is 0.00509. The predicted octanol–water partition coefficient (Wildman–Crippen LogP) is 4.00. The Hall–Kier alpha value is -0.0400. The van der Waals surface area contributed by atoms with Crippen molar-refractivity contribution in [2.45, 2.75) is 71.3 Å². The van der Waals surface area contributed by atoms with Gasteiger partial charge in [0.2, 0.25) is 0 Å². The molecular weight excluding hydrogens is 196 g/mol. The van der Waals surface area contributed by atoms with Gasteiger partial charge in [0, 0.05) is 0 Å². The smallest absolute Gasteiger partial charge is 0.0596 e. The Labute approximate surface area is 101 Å². The summed E-state index contributed by atoms with van der Waals surface area (Å²) in [7, 11) is 0. The minimum atomic E-state index is 0.00509. The summed E-state index contributed by atoms with van der Waals surface area (Å²) in [5.74, 6) is 2.87. The van der Waals surface area contributed by atoms with Crippen molar-refractivity contribution in [2.75, 3.05) is 0 Å². The summed E-state index contributed by atoms with van der Waals surface area (Å²) >= 11 is 0. The van der Waals surface area contributed by atoms with E-state index in [2.05, 4.69) is 13.8 Å². The van der Waals surface area contributed by atoms with Gasteiger partial charge < -0.3 is 5.11 Å². The topological polar surface area (TPSA) is 20.2 Å². The Morgan fingerprint density at radius 2 is 1.38 bits per heavy atom. The molecule has 0 spiro atoms. The van der Waals surface area contributed by atoms with Gasteiger partial charge in [-0.05, 0) is 55.8 Å². The average Bonchev–Trinajstić information content (AvgIpc) is 2.28. The van der Waals surface area contributed by atoms with Gasteiger partial charge in [-0.25, -0.2) is 0 Å². The van der Waals surface area contributed by atoms with Crippen LogP contribution in [0, 0.1) is 23.7 Å². The van der Waals surface area contributed by atoms with Crippen molar-refractivity contribution in [3.05, 3.63) is 0 Å². The zero-order chi connectivity index (χ0) is 11.5. The molecule has 0 saturated heterocycles. The highest BCUT2D eigenvalue weighted by atomic mass is 16.3. The molecule has 0 aliphatic heterocycles. The zero-order valence-electron chi connectivity index (χ0n) is 11.0. The maximum atomic E-state index is 10.5. The van der Waals surface area contributed by atoms with E-state index >= 15 is 0 Å². The molecule has 0 unspecified atom stereocenters. The first-order valence-electron chi connectivity index (χ1n) is 7.35. The van der Waals surface area contributed by atoms with Gasteiger partial charge in [-0.2, -0.15) is 0 Å². The van der Waals surface area contributed by atoms with Gasteiger partial charge in [0.15, 0.2) is 0 Å². The molecule has 0 bridgehead atoms. The molecule has 16 heavy (non-hydrogen) atoms. The van der Waals surface area contributed by atoms with Crippen molar-refractivity contribution < 1.29 is 5.11 Å². The van der Waals surface area contributed by atoms with E-state index in [1.165, 1.54) is 51.4 Å². The molecule has 0 aromatic carbocycles. The highest BCUT2D eigenvalue weighted by Crippen LogP contribution is 2.39. The van der Waals surface area contributed by atoms with Crippen molar-refractivity contribution in [1.29, 1.82) is 0 Å². The molecular formula is C15H28O. The van der Waals surface area contributed by atoms with Crippen LogP contribution >= 0.6 is 0 Å². The van der Waals surface area contributed by atoms with Gasteiger partial charge in [0.25, 0.3) is 0 Å². The van der Waals surface area contributed by atoms with Crippen LogP contribution in [0.5, 0.6) is 0 Å². The fourth-order valence-corrected chi connectivity index (χ4v) is 4.15. The lowest BCUT2D eigenvalue weighted by Crippen LogP contribution is -2.35. The lowest BCUT2D eigenvalue weighted by Gasteiger charge is -2.38. The van der Waals surface area contributed by atoms with Gasteiger partial charge in [-0.3, -0.25) is 0 Å². The Balaban J connectivity index is 1.89. The van der Waals surface area contributed by atoms with Crippen molar-refractivity contribution in [3.63, 3.8) is 0 Å². The first-order chi connectivity index (χ1) is 7.66. The molecule has 0 amide bonds. The molecule has 2 aliphatic carbocycles. The molecule has 1 heteroatoms. The van der Waals surface area contributed by atoms with Crippen LogP contribution in [-0.2, 0) is 0 Å². The molecule has 1 N–H and O–H groups in total. The highest BCUT2D eigenvalue weighted by molar-refractivity contribution is 4.84. The van der Waals surface area contributed by atoms with Crippen LogP contribution in [0.15, 0.2) is 0 Å². The summed E-state index contributed by atoms with van der Waals surface area (Å²) in [5.41, 5.74) is 0. The number of hydrogen-bond acceptors (Lipinski definition) is 1. The van der Waals surface area contributed by atoms with Crippen LogP contribution in [-0.4, -0.2) is 11.2 Å². The third-order valence-electron chi connectivity index (χ3n) is 4.83. The number of hydrogen-bond donors (Lipinski definition) is 1. The SMILES string of the molecule is C[C@H]1CC([C@H](O)C2CCCCC2)C[C@H](C)C1. The van der Waals surface area contributed by atoms with Gasteiger partial charge >= 0.3 is 0 Å². The second kappa shape index (κ2) is 5.53. The van der Waals surface area contributed by atoms with E-state index < -0.39 is 0 Å². The van der Waals surface area contributed by atoms with Crippen LogP contribution < -0.4 is 0 Å². The van der Waals surface area contributed by atoms with Crippen LogP contribution in [0.1, 0.15) is 65.2 Å². The molecule has 1 nitrogen and oxygen atoms in total. The zero-order valence-corrected chi connectivity index (χ0v) is 11.0. The lowest BCUT2D eigenvalue weighted by atomic mass is 9.70. The summed E-state index contributed by atoms with van der Waals surface area (Å²) < 4.78 is 0. The van der Waals surface area contributed by atoms with Crippen molar-refractivity contribution in [1.82, 2.24) is 0 Å². The van der Waals surface area contributed by atoms with E-state index in [4.69, 9.17) is 0 Å². The van der Waals surface area contributed by atoms with Gasteiger partial charge in [0.05, 0.1) is 6.10 Å². The number of aliphatic hydroxyl groups excluding tert-OH is 1. The van der Waals surface area contributed by atoms with Crippen molar-refractivity contribution in [3.8, 4) is 0 Å². The van der Waals surface area contributed by atoms with Crippen molar-refractivity contribution in [2.24, 2.45) is 23.7 Å². The molecule has 0 aromatic heterocycles. The second-order valence-electron chi connectivity index (χ2n) is 6.57. The van der Waals surface area contributed by atoms with Gasteiger partial charge in [-0.15, -0.1) is 0 Å². The van der Waals surface area contributed by atoms with E-state index in [-0.39, 0.29) is 6.10 Å². The summed E-state index contributed by atoms with van der Waals surface area (Å²) in [6, 6.07) is 0. The Morgan fingerprint density at radius 3 is 1.94 bits per heavy atom. The van der Waals surface area contributed by atoms with Gasteiger partial charge in [-0.1, -0.05) is 33.1 Å². The third kappa shape index (κ3) is 3.00. The van der Waals surface area contributed by atoms with Crippen LogP contribution in [0.2, 0.25) is 0 Å². The molecule has 0 heterocycles. The first-order valence-corrected chi connectivity index (χ1v) is 7.35. The summed E-state index contributed by atoms with van der Waals surface area (Å²) in [5, 5.41) is 10.5. The second-order valence-corrected chi connectivity index (χ2v) is 6.57. The normalized spacial score (nSPS) is 39.6. The van der Waals surface area contributed by atoms with E-state index in [0.717, 1.165) is 11.8 Å². The molecule has 2 saturated carbocycles. The summed E-state index contributed by atoms with van der Waals surface area (Å²) in [6.07, 6.45) is 10.5. The minimum Gasteiger partial charge on any atom is -0.393 e. The molecule has 94 valence electrons. The number of rotatable bonds is 2. The molecule has 2 rings (SSSR count). The largest absolute Gasteiger partial charge is 0.393 e. The maximum Gasteiger partial charge on any atom is 0.0596 e. The van der Waals surface area contributed by atoms with E-state index in [9.17, 15) is 5.11 Å². The first kappa shape index (κ1) is 12.4. The average molecular weight is 224 g/mol. The number of aliphatic hydroxyl groups is 1. The predicted molar refractivity (Wildman–Crippen MR) is 68.3 cm³/mol. The lowest BCUT2D eigenvalue weighted by molar-refractivity contribution is 0.000725. The summed E-state index contributed by atoms with van der Waals surface area (Å²) in [6.45, 7) is 4.71. The van der Waals surface area contributed by atoms with Gasteiger partial charge in [0.1, 0.15) is 0 Å². The van der Waals surface area contributed by atoms with Crippen LogP contribution in [0.25, 0.3) is 0 Å². The van der Waals surface area contributed by atoms with Crippen molar-refractivity contribution >= 4 is 0 Å². The maximum absolute atomic E-state index is 10.5. The monoisotopic (exact) mass is 224 g/mol. The Kier molecular flexibility index (Phi) is 4.29. The quantitative estimate of drug-likeness (QED) is 0.751. The molecule has 0 aromatic rings. The fraction of sp³-hybridized carbons (Fsp3) is 1.00. The molecule has 2 aliphatic rings. The van der Waals surface area contributed by atoms with Crippen LogP contribution in [0.3, 0.4) is 0 Å². The summed E-state index contributed by atoms with van der Waals surface area (Å²) in [4.78, 5) is 0. The molecule has 2 fully saturated rings. The molecule has 0 radical (unpaired) electrons. The van der Waals surface area contributed by atoms with E-state index in [1.807, 2.05) is 0 Å². The highest BCUT2D eigenvalue weighted by Gasteiger charge is 2.33. The molecule has 3 atom stereocenters. The Bertz CT molecular complexity index is 197. The standard InChI is InChI=1S/C15H28O/c1-11-8-12(2)10-14(9-11)15(16)13-6-4-3-5-7-13/h11-16H,3-10H2,1-2H3/t11-,12-,15-/m1/s1. The fourth-order valence-electron chi connectivity index (χ4n) is 4.15. The third-order valence-corrected chi connectivity index (χ3v) is 4.83. The van der Waals surface area contributed by atoms with Crippen LogP contribution in [0.4, 0.5) is 0 Å². The van der Waals surface area contributed by atoms with E-state index in [1.54, 1.807) is 0 Å². The van der Waals surface area contributed by atoms with E-state index in [0.29, 0.717) is 11.8 Å². The Morgan fingerprint density at radius 1 is 0.812 bits per heavy atom.